The Kier molecular flexibility index (Phi) is 7.83. The topological polar surface area (TPSA) is 96.0 Å². The standard InChI is InChI=1S/C27H29N3O5S/c1-20-6-12-25(13-7-20)36(33,34)30-16-14-29(15-17-30)19-21-8-10-22(11-9-21)26(31)28-24-5-3-4-23(18-24)27(32)35-2/h3-13,18H,14-17,19H2,1-2H3,(H,28,31). The van der Waals surface area contributed by atoms with Crippen molar-refractivity contribution < 1.29 is 22.7 Å². The van der Waals surface area contributed by atoms with E-state index in [1.54, 1.807) is 48.5 Å². The maximum Gasteiger partial charge on any atom is 0.337 e. The van der Waals surface area contributed by atoms with E-state index in [1.807, 2.05) is 31.2 Å². The lowest BCUT2D eigenvalue weighted by molar-refractivity contribution is 0.0600. The summed E-state index contributed by atoms with van der Waals surface area (Å²) in [6, 6.07) is 20.8. The van der Waals surface area contributed by atoms with Gasteiger partial charge in [-0.25, -0.2) is 13.2 Å². The van der Waals surface area contributed by atoms with Gasteiger partial charge in [0, 0.05) is 44.0 Å². The third-order valence-corrected chi connectivity index (χ3v) is 8.07. The van der Waals surface area contributed by atoms with E-state index in [4.69, 9.17) is 4.74 Å². The molecule has 1 aliphatic heterocycles. The van der Waals surface area contributed by atoms with Crippen LogP contribution in [-0.2, 0) is 21.3 Å². The fourth-order valence-electron chi connectivity index (χ4n) is 4.05. The van der Waals surface area contributed by atoms with Crippen molar-refractivity contribution in [3.05, 3.63) is 95.1 Å². The van der Waals surface area contributed by atoms with E-state index in [2.05, 4.69) is 10.2 Å². The van der Waals surface area contributed by atoms with Crippen LogP contribution < -0.4 is 5.32 Å². The number of piperazine rings is 1. The zero-order chi connectivity index (χ0) is 25.7. The predicted molar refractivity (Wildman–Crippen MR) is 137 cm³/mol. The Hall–Kier alpha value is -3.53. The zero-order valence-corrected chi connectivity index (χ0v) is 21.1. The van der Waals surface area contributed by atoms with Crippen molar-refractivity contribution in [1.82, 2.24) is 9.21 Å². The van der Waals surface area contributed by atoms with Crippen LogP contribution >= 0.6 is 0 Å². The lowest BCUT2D eigenvalue weighted by Crippen LogP contribution is -2.48. The number of nitrogens with zero attached hydrogens (tertiary/aromatic N) is 2. The minimum absolute atomic E-state index is 0.279. The van der Waals surface area contributed by atoms with Gasteiger partial charge in [-0.1, -0.05) is 35.9 Å². The molecule has 0 bridgehead atoms. The van der Waals surface area contributed by atoms with E-state index < -0.39 is 16.0 Å². The molecule has 0 aliphatic carbocycles. The molecule has 9 heteroatoms. The largest absolute Gasteiger partial charge is 0.465 e. The number of amides is 1. The molecular formula is C27H29N3O5S. The van der Waals surface area contributed by atoms with Crippen LogP contribution in [0.3, 0.4) is 0 Å². The molecule has 1 fully saturated rings. The molecule has 0 saturated carbocycles. The number of nitrogens with one attached hydrogen (secondary N) is 1. The molecular weight excluding hydrogens is 478 g/mol. The molecule has 0 spiro atoms. The van der Waals surface area contributed by atoms with Gasteiger partial charge in [0.05, 0.1) is 17.6 Å². The number of hydrogen-bond donors (Lipinski definition) is 1. The van der Waals surface area contributed by atoms with Gasteiger partial charge >= 0.3 is 5.97 Å². The van der Waals surface area contributed by atoms with Crippen molar-refractivity contribution in [3.63, 3.8) is 0 Å². The number of rotatable bonds is 7. The summed E-state index contributed by atoms with van der Waals surface area (Å²) < 4.78 is 32.1. The Morgan fingerprint density at radius 2 is 1.56 bits per heavy atom. The highest BCUT2D eigenvalue weighted by atomic mass is 32.2. The fraction of sp³-hybridized carbons (Fsp3) is 0.259. The van der Waals surface area contributed by atoms with E-state index >= 15 is 0 Å². The number of ether oxygens (including phenoxy) is 1. The van der Waals surface area contributed by atoms with Crippen LogP contribution in [0.1, 0.15) is 31.8 Å². The van der Waals surface area contributed by atoms with E-state index in [0.29, 0.717) is 54.4 Å². The zero-order valence-electron chi connectivity index (χ0n) is 20.3. The van der Waals surface area contributed by atoms with Crippen LogP contribution in [0.15, 0.2) is 77.7 Å². The van der Waals surface area contributed by atoms with E-state index in [0.717, 1.165) is 11.1 Å². The highest BCUT2D eigenvalue weighted by Crippen LogP contribution is 2.19. The molecule has 3 aromatic rings. The number of carbonyl (C=O) groups excluding carboxylic acids is 2. The maximum atomic E-state index is 12.9. The third-order valence-electron chi connectivity index (χ3n) is 6.15. The fourth-order valence-corrected chi connectivity index (χ4v) is 5.47. The summed E-state index contributed by atoms with van der Waals surface area (Å²) in [5.41, 5.74) is 3.42. The Balaban J connectivity index is 1.31. The number of benzene rings is 3. The lowest BCUT2D eigenvalue weighted by atomic mass is 10.1. The van der Waals surface area contributed by atoms with Gasteiger partial charge in [0.1, 0.15) is 0 Å². The molecule has 188 valence electrons. The highest BCUT2D eigenvalue weighted by Gasteiger charge is 2.28. The molecule has 0 atom stereocenters. The molecule has 4 rings (SSSR count). The average molecular weight is 508 g/mol. The summed E-state index contributed by atoms with van der Waals surface area (Å²) in [7, 11) is -2.18. The second-order valence-corrected chi connectivity index (χ2v) is 10.7. The molecule has 0 unspecified atom stereocenters. The molecule has 0 aromatic heterocycles. The van der Waals surface area contributed by atoms with Gasteiger partial charge in [0.25, 0.3) is 5.91 Å². The first-order valence-electron chi connectivity index (χ1n) is 11.6. The van der Waals surface area contributed by atoms with E-state index in [-0.39, 0.29) is 5.91 Å². The first-order valence-corrected chi connectivity index (χ1v) is 13.1. The van der Waals surface area contributed by atoms with Crippen molar-refractivity contribution in [2.45, 2.75) is 18.4 Å². The summed E-state index contributed by atoms with van der Waals surface area (Å²) in [5.74, 6) is -0.748. The second-order valence-electron chi connectivity index (χ2n) is 8.72. The maximum absolute atomic E-state index is 12.9. The van der Waals surface area contributed by atoms with Crippen LogP contribution in [0.4, 0.5) is 5.69 Å². The highest BCUT2D eigenvalue weighted by molar-refractivity contribution is 7.89. The van der Waals surface area contributed by atoms with Crippen molar-refractivity contribution >= 4 is 27.6 Å². The minimum atomic E-state index is -3.49. The molecule has 1 N–H and O–H groups in total. The summed E-state index contributed by atoms with van der Waals surface area (Å²) >= 11 is 0. The van der Waals surface area contributed by atoms with Crippen molar-refractivity contribution in [2.24, 2.45) is 0 Å². The lowest BCUT2D eigenvalue weighted by Gasteiger charge is -2.34. The number of esters is 1. The van der Waals surface area contributed by atoms with Gasteiger partial charge in [0.2, 0.25) is 10.0 Å². The SMILES string of the molecule is COC(=O)c1cccc(NC(=O)c2ccc(CN3CCN(S(=O)(=O)c4ccc(C)cc4)CC3)cc2)c1. The minimum Gasteiger partial charge on any atom is -0.465 e. The molecule has 1 amide bonds. The summed E-state index contributed by atoms with van der Waals surface area (Å²) in [6.07, 6.45) is 0. The first-order chi connectivity index (χ1) is 17.3. The molecule has 1 aliphatic rings. The van der Waals surface area contributed by atoms with Gasteiger partial charge in [0.15, 0.2) is 0 Å². The molecule has 36 heavy (non-hydrogen) atoms. The summed E-state index contributed by atoms with van der Waals surface area (Å²) in [4.78, 5) is 26.9. The number of carbonyl (C=O) groups is 2. The quantitative estimate of drug-likeness (QED) is 0.492. The van der Waals surface area contributed by atoms with Crippen LogP contribution in [0.5, 0.6) is 0 Å². The van der Waals surface area contributed by atoms with Crippen LogP contribution in [-0.4, -0.2) is 62.8 Å². The molecule has 8 nitrogen and oxygen atoms in total. The second kappa shape index (κ2) is 11.0. The van der Waals surface area contributed by atoms with Crippen molar-refractivity contribution in [1.29, 1.82) is 0 Å². The number of anilines is 1. The van der Waals surface area contributed by atoms with E-state index in [9.17, 15) is 18.0 Å². The van der Waals surface area contributed by atoms with Crippen LogP contribution in [0, 0.1) is 6.92 Å². The Bertz CT molecular complexity index is 1330. The summed E-state index contributed by atoms with van der Waals surface area (Å²) in [5, 5.41) is 2.79. The van der Waals surface area contributed by atoms with E-state index in [1.165, 1.54) is 11.4 Å². The number of hydrogen-bond acceptors (Lipinski definition) is 6. The predicted octanol–water partition coefficient (Wildman–Crippen LogP) is 3.54. The van der Waals surface area contributed by atoms with Gasteiger partial charge < -0.3 is 10.1 Å². The molecule has 1 saturated heterocycles. The normalized spacial score (nSPS) is 14.8. The molecule has 1 heterocycles. The van der Waals surface area contributed by atoms with Crippen molar-refractivity contribution in [2.75, 3.05) is 38.6 Å². The summed E-state index contributed by atoms with van der Waals surface area (Å²) in [6.45, 7) is 4.72. The number of aryl methyl sites for hydroxylation is 1. The molecule has 3 aromatic carbocycles. The molecule has 0 radical (unpaired) electrons. The number of methoxy groups -OCH3 is 1. The van der Waals surface area contributed by atoms with Gasteiger partial charge in [-0.2, -0.15) is 4.31 Å². The average Bonchev–Trinajstić information content (AvgIpc) is 2.89. The Morgan fingerprint density at radius 3 is 2.19 bits per heavy atom. The van der Waals surface area contributed by atoms with Crippen LogP contribution in [0.25, 0.3) is 0 Å². The van der Waals surface area contributed by atoms with Gasteiger partial charge in [-0.3, -0.25) is 9.69 Å². The number of sulfonamides is 1. The smallest absolute Gasteiger partial charge is 0.337 e. The van der Waals surface area contributed by atoms with Crippen LogP contribution in [0.2, 0.25) is 0 Å². The first kappa shape index (κ1) is 25.6. The Morgan fingerprint density at radius 1 is 0.889 bits per heavy atom. The Labute approximate surface area is 211 Å². The monoisotopic (exact) mass is 507 g/mol. The van der Waals surface area contributed by atoms with Gasteiger partial charge in [-0.05, 0) is 55.0 Å². The van der Waals surface area contributed by atoms with Crippen molar-refractivity contribution in [3.8, 4) is 0 Å². The van der Waals surface area contributed by atoms with Gasteiger partial charge in [-0.15, -0.1) is 0 Å². The third kappa shape index (κ3) is 5.99.